The quantitative estimate of drug-likeness (QED) is 0.831. The maximum Gasteiger partial charge on any atom is 0.416 e. The fraction of sp³-hybridized carbons (Fsp3) is 0.286. The second-order valence-corrected chi connectivity index (χ2v) is 5.04. The summed E-state index contributed by atoms with van der Waals surface area (Å²) in [6, 6.07) is 2.13. The second kappa shape index (κ2) is 5.84. The Morgan fingerprint density at radius 3 is 1.88 bits per heavy atom. The van der Waals surface area contributed by atoms with Crippen LogP contribution in [0.2, 0.25) is 0 Å². The molecule has 24 heavy (non-hydrogen) atoms. The van der Waals surface area contributed by atoms with Crippen LogP contribution in [0.4, 0.5) is 32.2 Å². The predicted molar refractivity (Wildman–Crippen MR) is 72.3 cm³/mol. The van der Waals surface area contributed by atoms with Crippen molar-refractivity contribution >= 4 is 11.7 Å². The summed E-state index contributed by atoms with van der Waals surface area (Å²) < 4.78 is 77.9. The van der Waals surface area contributed by atoms with Crippen LogP contribution in [0.15, 0.2) is 24.3 Å². The zero-order valence-electron chi connectivity index (χ0n) is 12.4. The van der Waals surface area contributed by atoms with E-state index < -0.39 is 35.0 Å². The molecule has 2 aromatic rings. The second-order valence-electron chi connectivity index (χ2n) is 5.04. The third-order valence-corrected chi connectivity index (χ3v) is 3.09. The van der Waals surface area contributed by atoms with Gasteiger partial charge in [-0.25, -0.2) is 0 Å². The Labute approximate surface area is 132 Å². The highest BCUT2D eigenvalue weighted by Crippen LogP contribution is 2.36. The first-order valence-corrected chi connectivity index (χ1v) is 6.49. The Morgan fingerprint density at radius 2 is 1.50 bits per heavy atom. The van der Waals surface area contributed by atoms with E-state index in [0.717, 1.165) is 0 Å². The molecule has 10 heteroatoms. The number of alkyl halides is 6. The molecule has 0 radical (unpaired) electrons. The van der Waals surface area contributed by atoms with Gasteiger partial charge in [0.15, 0.2) is 0 Å². The van der Waals surface area contributed by atoms with Crippen LogP contribution in [0.25, 0.3) is 0 Å². The highest BCUT2D eigenvalue weighted by atomic mass is 19.4. The number of benzene rings is 1. The third-order valence-electron chi connectivity index (χ3n) is 3.09. The number of rotatable bonds is 2. The summed E-state index contributed by atoms with van der Waals surface area (Å²) in [7, 11) is 1.47. The van der Waals surface area contributed by atoms with E-state index in [-0.39, 0.29) is 11.9 Å². The normalized spacial score (nSPS) is 12.3. The van der Waals surface area contributed by atoms with Gasteiger partial charge < -0.3 is 5.32 Å². The van der Waals surface area contributed by atoms with Gasteiger partial charge in [-0.15, -0.1) is 0 Å². The summed E-state index contributed by atoms with van der Waals surface area (Å²) in [5.41, 5.74) is -3.34. The van der Waals surface area contributed by atoms with Gasteiger partial charge in [-0.3, -0.25) is 9.48 Å². The number of aryl methyl sites for hydroxylation is 2. The van der Waals surface area contributed by atoms with Gasteiger partial charge in [0, 0.05) is 18.7 Å². The number of halogens is 6. The lowest BCUT2D eigenvalue weighted by Gasteiger charge is -2.14. The van der Waals surface area contributed by atoms with Gasteiger partial charge in [0.2, 0.25) is 0 Å². The highest BCUT2D eigenvalue weighted by molar-refractivity contribution is 6.04. The number of hydrogen-bond donors (Lipinski definition) is 1. The van der Waals surface area contributed by atoms with Crippen molar-refractivity contribution in [3.05, 3.63) is 46.6 Å². The van der Waals surface area contributed by atoms with Crippen LogP contribution in [-0.2, 0) is 19.4 Å². The van der Waals surface area contributed by atoms with Crippen molar-refractivity contribution in [1.29, 1.82) is 0 Å². The Kier molecular flexibility index (Phi) is 4.34. The molecule has 1 heterocycles. The number of nitrogens with zero attached hydrogens (tertiary/aromatic N) is 2. The summed E-state index contributed by atoms with van der Waals surface area (Å²) in [5, 5.41) is 6.14. The minimum atomic E-state index is -5.01. The van der Waals surface area contributed by atoms with Crippen molar-refractivity contribution in [2.75, 3.05) is 5.32 Å². The SMILES string of the molecule is Cc1cc(NC(=O)c2cc(C(F)(F)F)cc(C(F)(F)F)c2)n(C)n1. The lowest BCUT2D eigenvalue weighted by atomic mass is 10.0. The monoisotopic (exact) mass is 351 g/mol. The van der Waals surface area contributed by atoms with E-state index in [1.165, 1.54) is 17.8 Å². The molecule has 1 N–H and O–H groups in total. The van der Waals surface area contributed by atoms with Gasteiger partial charge in [-0.1, -0.05) is 0 Å². The maximum atomic E-state index is 12.8. The Morgan fingerprint density at radius 1 is 1.00 bits per heavy atom. The van der Waals surface area contributed by atoms with Crippen molar-refractivity contribution < 1.29 is 31.1 Å². The van der Waals surface area contributed by atoms with Crippen LogP contribution in [0.5, 0.6) is 0 Å². The Balaban J connectivity index is 2.45. The molecule has 0 atom stereocenters. The first kappa shape index (κ1) is 17.8. The van der Waals surface area contributed by atoms with E-state index in [2.05, 4.69) is 10.4 Å². The summed E-state index contributed by atoms with van der Waals surface area (Å²) in [6.45, 7) is 1.61. The van der Waals surface area contributed by atoms with E-state index in [9.17, 15) is 31.1 Å². The Bertz CT molecular complexity index is 744. The van der Waals surface area contributed by atoms with E-state index in [1.807, 2.05) is 0 Å². The molecule has 0 saturated carbocycles. The largest absolute Gasteiger partial charge is 0.416 e. The molecule has 0 saturated heterocycles. The number of carbonyl (C=O) groups excluding carboxylic acids is 1. The number of nitrogens with one attached hydrogen (secondary N) is 1. The summed E-state index contributed by atoms with van der Waals surface area (Å²) in [6.07, 6.45) is -10.0. The van der Waals surface area contributed by atoms with Gasteiger partial charge in [0.05, 0.1) is 16.8 Å². The summed E-state index contributed by atoms with van der Waals surface area (Å²) >= 11 is 0. The molecular formula is C14H11F6N3O. The number of carbonyl (C=O) groups is 1. The van der Waals surface area contributed by atoms with Gasteiger partial charge in [0.25, 0.3) is 5.91 Å². The topological polar surface area (TPSA) is 46.9 Å². The summed E-state index contributed by atoms with van der Waals surface area (Å²) in [5.74, 6) is -0.960. The average Bonchev–Trinajstić information content (AvgIpc) is 2.74. The van der Waals surface area contributed by atoms with Crippen LogP contribution in [-0.4, -0.2) is 15.7 Å². The smallest absolute Gasteiger partial charge is 0.307 e. The lowest BCUT2D eigenvalue weighted by molar-refractivity contribution is -0.143. The molecule has 0 spiro atoms. The molecule has 0 aliphatic heterocycles. The highest BCUT2D eigenvalue weighted by Gasteiger charge is 2.37. The van der Waals surface area contributed by atoms with Gasteiger partial charge in [-0.05, 0) is 25.1 Å². The van der Waals surface area contributed by atoms with Crippen molar-refractivity contribution in [2.24, 2.45) is 7.05 Å². The molecule has 4 nitrogen and oxygen atoms in total. The molecular weight excluding hydrogens is 340 g/mol. The standard InChI is InChI=1S/C14H11F6N3O/c1-7-3-11(23(2)22-7)21-12(24)8-4-9(13(15,16)17)6-10(5-8)14(18,19)20/h3-6H,1-2H3,(H,21,24). The van der Waals surface area contributed by atoms with Crippen molar-refractivity contribution in [3.8, 4) is 0 Å². The lowest BCUT2D eigenvalue weighted by Crippen LogP contribution is -2.18. The van der Waals surface area contributed by atoms with Gasteiger partial charge in [-0.2, -0.15) is 31.4 Å². The molecule has 0 aliphatic rings. The van der Waals surface area contributed by atoms with Crippen molar-refractivity contribution in [1.82, 2.24) is 9.78 Å². The number of aromatic nitrogens is 2. The van der Waals surface area contributed by atoms with Crippen LogP contribution < -0.4 is 5.32 Å². The first-order valence-electron chi connectivity index (χ1n) is 6.49. The first-order chi connectivity index (χ1) is 10.9. The molecule has 0 aliphatic carbocycles. The van der Waals surface area contributed by atoms with Gasteiger partial charge in [0.1, 0.15) is 5.82 Å². The molecule has 1 aromatic heterocycles. The summed E-state index contributed by atoms with van der Waals surface area (Å²) in [4.78, 5) is 12.0. The van der Waals surface area contributed by atoms with E-state index >= 15 is 0 Å². The van der Waals surface area contributed by atoms with Crippen molar-refractivity contribution in [3.63, 3.8) is 0 Å². The van der Waals surface area contributed by atoms with Crippen LogP contribution in [0.1, 0.15) is 27.2 Å². The van der Waals surface area contributed by atoms with E-state index in [0.29, 0.717) is 17.8 Å². The van der Waals surface area contributed by atoms with Crippen LogP contribution in [0, 0.1) is 6.92 Å². The molecule has 0 fully saturated rings. The molecule has 1 aromatic carbocycles. The van der Waals surface area contributed by atoms with E-state index in [1.54, 1.807) is 6.92 Å². The molecule has 0 unspecified atom stereocenters. The van der Waals surface area contributed by atoms with Crippen molar-refractivity contribution in [2.45, 2.75) is 19.3 Å². The molecule has 130 valence electrons. The average molecular weight is 351 g/mol. The van der Waals surface area contributed by atoms with Gasteiger partial charge >= 0.3 is 12.4 Å². The molecule has 0 bridgehead atoms. The minimum absolute atomic E-state index is 0.0367. The molecule has 2 rings (SSSR count). The maximum absolute atomic E-state index is 12.8. The number of amides is 1. The zero-order chi connectivity index (χ0) is 18.3. The van der Waals surface area contributed by atoms with Crippen LogP contribution in [0.3, 0.4) is 0 Å². The fourth-order valence-corrected chi connectivity index (χ4v) is 2.00. The minimum Gasteiger partial charge on any atom is -0.307 e. The predicted octanol–water partition coefficient (Wildman–Crippen LogP) is 4.02. The third kappa shape index (κ3) is 3.87. The van der Waals surface area contributed by atoms with Crippen LogP contribution >= 0.6 is 0 Å². The zero-order valence-corrected chi connectivity index (χ0v) is 12.4. The molecule has 1 amide bonds. The van der Waals surface area contributed by atoms with E-state index in [4.69, 9.17) is 0 Å². The Hall–Kier alpha value is -2.52. The fourth-order valence-electron chi connectivity index (χ4n) is 2.00. The number of anilines is 1. The number of hydrogen-bond acceptors (Lipinski definition) is 2.